The van der Waals surface area contributed by atoms with Gasteiger partial charge in [0.15, 0.2) is 0 Å². The van der Waals surface area contributed by atoms with Gasteiger partial charge in [0.05, 0.1) is 6.54 Å². The summed E-state index contributed by atoms with van der Waals surface area (Å²) in [5.41, 5.74) is 6.26. The molecule has 1 aromatic carbocycles. The van der Waals surface area contributed by atoms with E-state index in [0.29, 0.717) is 0 Å². The highest BCUT2D eigenvalue weighted by molar-refractivity contribution is 5.80. The first-order valence-corrected chi connectivity index (χ1v) is 6.74. The van der Waals surface area contributed by atoms with Gasteiger partial charge in [-0.05, 0) is 18.4 Å². The lowest BCUT2D eigenvalue weighted by molar-refractivity contribution is -0.152. The van der Waals surface area contributed by atoms with Crippen LogP contribution in [-0.4, -0.2) is 34.7 Å². The van der Waals surface area contributed by atoms with Gasteiger partial charge in [0.1, 0.15) is 5.84 Å². The summed E-state index contributed by atoms with van der Waals surface area (Å²) in [6, 6.07) is 8.23. The van der Waals surface area contributed by atoms with Crippen molar-refractivity contribution >= 4 is 5.84 Å². The van der Waals surface area contributed by atoms with E-state index in [2.05, 4.69) is 5.16 Å². The van der Waals surface area contributed by atoms with Gasteiger partial charge in [0.2, 0.25) is 0 Å². The fourth-order valence-corrected chi connectivity index (χ4v) is 2.45. The zero-order chi connectivity index (χ0) is 15.5. The van der Waals surface area contributed by atoms with Gasteiger partial charge in [-0.1, -0.05) is 35.5 Å². The molecule has 21 heavy (non-hydrogen) atoms. The zero-order valence-corrected chi connectivity index (χ0v) is 11.4. The van der Waals surface area contributed by atoms with E-state index in [1.807, 2.05) is 0 Å². The minimum atomic E-state index is -4.28. The van der Waals surface area contributed by atoms with Crippen molar-refractivity contribution in [3.8, 4) is 0 Å². The van der Waals surface area contributed by atoms with E-state index in [4.69, 9.17) is 10.9 Å². The Balaban J connectivity index is 2.27. The standard InChI is InChI=1S/C14H18F3N3O/c15-14(16,17)9-20(11-6-7-11)12(8-13(18)19-21)10-4-2-1-3-5-10/h1-5,11-12,21H,6-9H2,(H2,18,19). The smallest absolute Gasteiger partial charge is 0.401 e. The van der Waals surface area contributed by atoms with Crippen LogP contribution in [0.15, 0.2) is 35.5 Å². The normalized spacial score (nSPS) is 18.0. The van der Waals surface area contributed by atoms with Gasteiger partial charge in [0, 0.05) is 18.5 Å². The van der Waals surface area contributed by atoms with Crippen molar-refractivity contribution in [2.75, 3.05) is 6.54 Å². The fourth-order valence-electron chi connectivity index (χ4n) is 2.45. The van der Waals surface area contributed by atoms with Crippen LogP contribution in [-0.2, 0) is 0 Å². The van der Waals surface area contributed by atoms with E-state index in [1.54, 1.807) is 30.3 Å². The number of nitrogens with two attached hydrogens (primary N) is 1. The molecule has 0 heterocycles. The lowest BCUT2D eigenvalue weighted by Gasteiger charge is -2.32. The molecule has 0 aromatic heterocycles. The molecule has 116 valence electrons. The van der Waals surface area contributed by atoms with Gasteiger partial charge in [-0.2, -0.15) is 13.2 Å². The highest BCUT2D eigenvalue weighted by atomic mass is 19.4. The van der Waals surface area contributed by atoms with Crippen LogP contribution in [0.1, 0.15) is 30.9 Å². The molecule has 1 fully saturated rings. The number of amidine groups is 1. The van der Waals surface area contributed by atoms with E-state index in [0.717, 1.165) is 18.4 Å². The number of benzene rings is 1. The van der Waals surface area contributed by atoms with Crippen molar-refractivity contribution in [3.05, 3.63) is 35.9 Å². The molecule has 1 saturated carbocycles. The topological polar surface area (TPSA) is 61.8 Å². The lowest BCUT2D eigenvalue weighted by atomic mass is 10.0. The summed E-state index contributed by atoms with van der Waals surface area (Å²) in [6.07, 6.45) is -2.72. The van der Waals surface area contributed by atoms with E-state index < -0.39 is 18.8 Å². The van der Waals surface area contributed by atoms with Crippen LogP contribution in [0.3, 0.4) is 0 Å². The van der Waals surface area contributed by atoms with Crippen molar-refractivity contribution < 1.29 is 18.4 Å². The lowest BCUT2D eigenvalue weighted by Crippen LogP contribution is -2.40. The van der Waals surface area contributed by atoms with E-state index in [1.165, 1.54) is 4.90 Å². The number of alkyl halides is 3. The van der Waals surface area contributed by atoms with Crippen LogP contribution in [0.5, 0.6) is 0 Å². The quantitative estimate of drug-likeness (QED) is 0.367. The summed E-state index contributed by atoms with van der Waals surface area (Å²) >= 11 is 0. The second-order valence-electron chi connectivity index (χ2n) is 5.24. The fraction of sp³-hybridized carbons (Fsp3) is 0.500. The van der Waals surface area contributed by atoms with Crippen LogP contribution < -0.4 is 5.73 Å². The summed E-state index contributed by atoms with van der Waals surface area (Å²) in [5.74, 6) is -0.0725. The Hall–Kier alpha value is -1.76. The number of oxime groups is 1. The molecular formula is C14H18F3N3O. The summed E-state index contributed by atoms with van der Waals surface area (Å²) < 4.78 is 38.5. The van der Waals surface area contributed by atoms with Crippen molar-refractivity contribution in [1.82, 2.24) is 4.90 Å². The van der Waals surface area contributed by atoms with Crippen LogP contribution in [0.4, 0.5) is 13.2 Å². The molecule has 3 N–H and O–H groups in total. The summed E-state index contributed by atoms with van der Waals surface area (Å²) in [4.78, 5) is 1.41. The first-order valence-electron chi connectivity index (χ1n) is 6.74. The Labute approximate surface area is 121 Å². The largest absolute Gasteiger partial charge is 0.409 e. The van der Waals surface area contributed by atoms with Crippen molar-refractivity contribution in [2.24, 2.45) is 10.9 Å². The molecule has 1 aliphatic carbocycles. The molecule has 1 aliphatic rings. The third kappa shape index (κ3) is 4.63. The maximum absolute atomic E-state index is 12.8. The Morgan fingerprint density at radius 1 is 1.33 bits per heavy atom. The molecule has 0 spiro atoms. The van der Waals surface area contributed by atoms with Gasteiger partial charge in [-0.25, -0.2) is 0 Å². The monoisotopic (exact) mass is 301 g/mol. The van der Waals surface area contributed by atoms with E-state index in [9.17, 15) is 13.2 Å². The first-order chi connectivity index (χ1) is 9.90. The summed E-state index contributed by atoms with van der Waals surface area (Å²) in [6.45, 7) is -0.990. The zero-order valence-electron chi connectivity index (χ0n) is 11.4. The number of hydrogen-bond donors (Lipinski definition) is 2. The second kappa shape index (κ2) is 6.34. The van der Waals surface area contributed by atoms with Gasteiger partial charge < -0.3 is 10.9 Å². The van der Waals surface area contributed by atoms with Gasteiger partial charge in [0.25, 0.3) is 0 Å². The maximum atomic E-state index is 12.8. The molecular weight excluding hydrogens is 283 g/mol. The maximum Gasteiger partial charge on any atom is 0.401 e. The Kier molecular flexibility index (Phi) is 4.72. The van der Waals surface area contributed by atoms with Crippen LogP contribution in [0.2, 0.25) is 0 Å². The van der Waals surface area contributed by atoms with Gasteiger partial charge in [-0.3, -0.25) is 4.90 Å². The number of hydrogen-bond acceptors (Lipinski definition) is 3. The number of rotatable bonds is 6. The Morgan fingerprint density at radius 3 is 2.43 bits per heavy atom. The predicted octanol–water partition coefficient (Wildman–Crippen LogP) is 2.89. The Morgan fingerprint density at radius 2 is 1.95 bits per heavy atom. The van der Waals surface area contributed by atoms with Gasteiger partial charge >= 0.3 is 6.18 Å². The molecule has 1 atom stereocenters. The summed E-state index contributed by atoms with van der Waals surface area (Å²) in [5, 5.41) is 11.6. The minimum Gasteiger partial charge on any atom is -0.409 e. The van der Waals surface area contributed by atoms with Crippen molar-refractivity contribution in [1.29, 1.82) is 0 Å². The van der Waals surface area contributed by atoms with E-state index in [-0.39, 0.29) is 18.3 Å². The number of nitrogens with zero attached hydrogens (tertiary/aromatic N) is 2. The average Bonchev–Trinajstić information content (AvgIpc) is 3.26. The van der Waals surface area contributed by atoms with Crippen LogP contribution in [0.25, 0.3) is 0 Å². The molecule has 0 amide bonds. The molecule has 1 unspecified atom stereocenters. The number of halogens is 3. The van der Waals surface area contributed by atoms with Crippen LogP contribution >= 0.6 is 0 Å². The predicted molar refractivity (Wildman–Crippen MR) is 73.0 cm³/mol. The molecule has 4 nitrogen and oxygen atoms in total. The molecule has 0 saturated heterocycles. The van der Waals surface area contributed by atoms with Crippen LogP contribution in [0, 0.1) is 0 Å². The van der Waals surface area contributed by atoms with Gasteiger partial charge in [-0.15, -0.1) is 0 Å². The highest BCUT2D eigenvalue weighted by Gasteiger charge is 2.42. The second-order valence-corrected chi connectivity index (χ2v) is 5.24. The van der Waals surface area contributed by atoms with Crippen molar-refractivity contribution in [2.45, 2.75) is 37.5 Å². The summed E-state index contributed by atoms with van der Waals surface area (Å²) in [7, 11) is 0. The Bertz CT molecular complexity index is 486. The average molecular weight is 301 g/mol. The SMILES string of the molecule is NC(CC(c1ccccc1)N(CC(F)(F)F)C1CC1)=NO. The molecule has 1 aromatic rings. The molecule has 0 radical (unpaired) electrons. The molecule has 0 aliphatic heterocycles. The van der Waals surface area contributed by atoms with E-state index >= 15 is 0 Å². The molecule has 0 bridgehead atoms. The van der Waals surface area contributed by atoms with Crippen molar-refractivity contribution in [3.63, 3.8) is 0 Å². The first kappa shape index (κ1) is 15.6. The highest BCUT2D eigenvalue weighted by Crippen LogP contribution is 2.38. The molecule has 7 heteroatoms. The molecule has 2 rings (SSSR count). The minimum absolute atomic E-state index is 0.0626. The third-order valence-corrected chi connectivity index (χ3v) is 3.49. The third-order valence-electron chi connectivity index (χ3n) is 3.49.